The number of hydrogen-bond acceptors (Lipinski definition) is 6. The van der Waals surface area contributed by atoms with E-state index in [1.807, 2.05) is 4.90 Å². The van der Waals surface area contributed by atoms with Crippen LogP contribution in [-0.2, 0) is 9.53 Å². The molecule has 2 saturated heterocycles. The number of benzene rings is 2. The molecule has 2 heterocycles. The molecule has 2 aromatic carbocycles. The third-order valence-electron chi connectivity index (χ3n) is 6.30. The van der Waals surface area contributed by atoms with Crippen LogP contribution in [-0.4, -0.2) is 84.2 Å². The van der Waals surface area contributed by atoms with Crippen LogP contribution in [0.3, 0.4) is 0 Å². The van der Waals surface area contributed by atoms with Crippen molar-refractivity contribution in [2.75, 3.05) is 42.9 Å². The number of nitrogens with zero attached hydrogens (tertiary/aromatic N) is 2. The smallest absolute Gasteiger partial charge is 0.319 e. The minimum atomic E-state index is -1.35. The molecule has 0 unspecified atom stereocenters. The Labute approximate surface area is 205 Å². The van der Waals surface area contributed by atoms with Crippen LogP contribution in [0.4, 0.5) is 29.3 Å². The fourth-order valence-electron chi connectivity index (χ4n) is 4.28. The van der Waals surface area contributed by atoms with E-state index in [9.17, 15) is 33.0 Å². The number of amides is 3. The Morgan fingerprint density at radius 2 is 1.56 bits per heavy atom. The van der Waals surface area contributed by atoms with Gasteiger partial charge in [-0.3, -0.25) is 4.79 Å². The molecule has 0 bridgehead atoms. The second-order valence-corrected chi connectivity index (χ2v) is 8.70. The summed E-state index contributed by atoms with van der Waals surface area (Å²) in [5.41, 5.74) is 0.632. The molecular formula is C24H27F3N4O5. The van der Waals surface area contributed by atoms with Crippen molar-refractivity contribution in [1.82, 2.24) is 10.2 Å². The second kappa shape index (κ2) is 11.1. The fraction of sp³-hybridized carbons (Fsp3) is 0.417. The second-order valence-electron chi connectivity index (χ2n) is 8.70. The van der Waals surface area contributed by atoms with Gasteiger partial charge >= 0.3 is 6.03 Å². The fourth-order valence-corrected chi connectivity index (χ4v) is 4.28. The number of hydrogen-bond donors (Lipinski definition) is 4. The van der Waals surface area contributed by atoms with Gasteiger partial charge in [0, 0.05) is 44.5 Å². The van der Waals surface area contributed by atoms with Crippen LogP contribution >= 0.6 is 0 Å². The van der Waals surface area contributed by atoms with Crippen LogP contribution < -0.4 is 15.5 Å². The Kier molecular flexibility index (Phi) is 7.97. The maximum absolute atomic E-state index is 13.7. The number of halogens is 3. The number of ether oxygens (including phenoxy) is 1. The van der Waals surface area contributed by atoms with Crippen molar-refractivity contribution in [3.63, 3.8) is 0 Å². The van der Waals surface area contributed by atoms with Gasteiger partial charge in [-0.15, -0.1) is 0 Å². The molecule has 0 radical (unpaired) electrons. The molecule has 0 aliphatic carbocycles. The van der Waals surface area contributed by atoms with E-state index < -0.39 is 42.1 Å². The van der Waals surface area contributed by atoms with E-state index in [0.29, 0.717) is 32.2 Å². The zero-order valence-corrected chi connectivity index (χ0v) is 19.2. The zero-order valence-electron chi connectivity index (χ0n) is 19.2. The van der Waals surface area contributed by atoms with Crippen LogP contribution in [0.5, 0.6) is 0 Å². The van der Waals surface area contributed by atoms with Crippen molar-refractivity contribution < 1.29 is 37.7 Å². The SMILES string of the molecule is O=C(NC[C@H]1O[C@H](CC(=O)N2CCN(c3ccc(F)cc3)CC2)[C@H](O)[C@@H]1O)Nc1ccc(F)cc1F. The Morgan fingerprint density at radius 1 is 0.917 bits per heavy atom. The molecule has 2 aromatic rings. The topological polar surface area (TPSA) is 114 Å². The van der Waals surface area contributed by atoms with Crippen LogP contribution in [0, 0.1) is 17.5 Å². The highest BCUT2D eigenvalue weighted by Crippen LogP contribution is 2.25. The Morgan fingerprint density at radius 3 is 2.22 bits per heavy atom. The predicted molar refractivity (Wildman–Crippen MR) is 124 cm³/mol. The number of anilines is 2. The van der Waals surface area contributed by atoms with Gasteiger partial charge in [-0.25, -0.2) is 18.0 Å². The van der Waals surface area contributed by atoms with Crippen LogP contribution in [0.15, 0.2) is 42.5 Å². The molecule has 4 N–H and O–H groups in total. The van der Waals surface area contributed by atoms with Gasteiger partial charge in [0.15, 0.2) is 0 Å². The van der Waals surface area contributed by atoms with Crippen molar-refractivity contribution in [3.05, 3.63) is 59.9 Å². The van der Waals surface area contributed by atoms with Gasteiger partial charge < -0.3 is 35.4 Å². The largest absolute Gasteiger partial charge is 0.388 e. The normalized spacial score (nSPS) is 24.0. The summed E-state index contributed by atoms with van der Waals surface area (Å²) >= 11 is 0. The van der Waals surface area contributed by atoms with E-state index >= 15 is 0 Å². The van der Waals surface area contributed by atoms with Crippen molar-refractivity contribution in [1.29, 1.82) is 0 Å². The molecular weight excluding hydrogens is 481 g/mol. The number of aliphatic hydroxyl groups excluding tert-OH is 2. The Hall–Kier alpha value is -3.35. The number of urea groups is 1. The highest BCUT2D eigenvalue weighted by molar-refractivity contribution is 5.89. The predicted octanol–water partition coefficient (Wildman–Crippen LogP) is 1.45. The van der Waals surface area contributed by atoms with Gasteiger partial charge in [-0.1, -0.05) is 0 Å². The third-order valence-corrected chi connectivity index (χ3v) is 6.30. The molecule has 0 saturated carbocycles. The number of aliphatic hydroxyl groups is 2. The van der Waals surface area contributed by atoms with E-state index in [2.05, 4.69) is 10.6 Å². The van der Waals surface area contributed by atoms with E-state index in [4.69, 9.17) is 4.74 Å². The van der Waals surface area contributed by atoms with Gasteiger partial charge in [0.05, 0.1) is 18.2 Å². The molecule has 0 spiro atoms. The summed E-state index contributed by atoms with van der Waals surface area (Å²) in [6.07, 6.45) is -4.79. The summed E-state index contributed by atoms with van der Waals surface area (Å²) < 4.78 is 45.4. The van der Waals surface area contributed by atoms with Gasteiger partial charge in [-0.2, -0.15) is 0 Å². The van der Waals surface area contributed by atoms with Gasteiger partial charge in [0.1, 0.15) is 35.8 Å². The molecule has 36 heavy (non-hydrogen) atoms. The number of rotatable bonds is 6. The Bertz CT molecular complexity index is 1080. The lowest BCUT2D eigenvalue weighted by Gasteiger charge is -2.36. The summed E-state index contributed by atoms with van der Waals surface area (Å²) in [6.45, 7) is 1.78. The molecule has 4 rings (SSSR count). The number of carbonyl (C=O) groups is 2. The molecule has 0 aromatic heterocycles. The zero-order chi connectivity index (χ0) is 25.8. The summed E-state index contributed by atoms with van der Waals surface area (Å²) in [5, 5.41) is 25.3. The molecule has 9 nitrogen and oxygen atoms in total. The van der Waals surface area contributed by atoms with Gasteiger partial charge in [0.2, 0.25) is 5.91 Å². The van der Waals surface area contributed by atoms with Gasteiger partial charge in [0.25, 0.3) is 0 Å². The van der Waals surface area contributed by atoms with Crippen LogP contribution in [0.25, 0.3) is 0 Å². The first kappa shape index (κ1) is 25.7. The molecule has 4 atom stereocenters. The number of piperazine rings is 1. The lowest BCUT2D eigenvalue weighted by atomic mass is 10.0. The molecule has 2 aliphatic heterocycles. The van der Waals surface area contributed by atoms with Crippen LogP contribution in [0.1, 0.15) is 6.42 Å². The van der Waals surface area contributed by atoms with E-state index in [0.717, 1.165) is 17.8 Å². The van der Waals surface area contributed by atoms with Crippen molar-refractivity contribution in [2.24, 2.45) is 0 Å². The first-order chi connectivity index (χ1) is 17.2. The minimum Gasteiger partial charge on any atom is -0.388 e. The van der Waals surface area contributed by atoms with Crippen molar-refractivity contribution in [3.8, 4) is 0 Å². The minimum absolute atomic E-state index is 0.155. The van der Waals surface area contributed by atoms with E-state index in [1.54, 1.807) is 17.0 Å². The Balaban J connectivity index is 1.23. The highest BCUT2D eigenvalue weighted by atomic mass is 19.1. The van der Waals surface area contributed by atoms with E-state index in [1.165, 1.54) is 12.1 Å². The lowest BCUT2D eigenvalue weighted by Crippen LogP contribution is -2.49. The molecule has 2 fully saturated rings. The average Bonchev–Trinajstić information content (AvgIpc) is 3.13. The molecule has 12 heteroatoms. The lowest BCUT2D eigenvalue weighted by molar-refractivity contribution is -0.135. The monoisotopic (exact) mass is 508 g/mol. The summed E-state index contributed by atoms with van der Waals surface area (Å²) in [6, 6.07) is 7.99. The molecule has 194 valence electrons. The average molecular weight is 508 g/mol. The van der Waals surface area contributed by atoms with Gasteiger partial charge in [-0.05, 0) is 36.4 Å². The quantitative estimate of drug-likeness (QED) is 0.470. The first-order valence-corrected chi connectivity index (χ1v) is 11.5. The number of nitrogens with one attached hydrogen (secondary N) is 2. The van der Waals surface area contributed by atoms with E-state index in [-0.39, 0.29) is 30.4 Å². The maximum Gasteiger partial charge on any atom is 0.319 e. The molecule has 2 aliphatic rings. The van der Waals surface area contributed by atoms with Crippen molar-refractivity contribution >= 4 is 23.3 Å². The third kappa shape index (κ3) is 6.07. The standard InChI is InChI=1S/C24H27F3N4O5/c25-14-1-4-16(5-2-14)30-7-9-31(10-8-30)21(32)12-19-22(33)23(34)20(36-19)13-28-24(35)29-18-6-3-15(26)11-17(18)27/h1-6,11,19-20,22-23,33-34H,7-10,12-13H2,(H2,28,29,35)/t19-,20-,22+,23-/m1/s1. The summed E-state index contributed by atoms with van der Waals surface area (Å²) in [7, 11) is 0. The van der Waals surface area contributed by atoms with Crippen LogP contribution in [0.2, 0.25) is 0 Å². The summed E-state index contributed by atoms with van der Waals surface area (Å²) in [5.74, 6) is -2.30. The number of carbonyl (C=O) groups excluding carboxylic acids is 2. The molecule has 3 amide bonds. The first-order valence-electron chi connectivity index (χ1n) is 11.5. The van der Waals surface area contributed by atoms with Crippen molar-refractivity contribution in [2.45, 2.75) is 30.8 Å². The summed E-state index contributed by atoms with van der Waals surface area (Å²) in [4.78, 5) is 28.5. The highest BCUT2D eigenvalue weighted by Gasteiger charge is 2.44. The maximum atomic E-state index is 13.7.